The maximum atomic E-state index is 2.62. The SMILES string of the molecule is CC(C)(C)c1ccc2c3c1-c1cccc4c5ccccc5n(c14)B3c1ccccc1N2c1ccccc1. The van der Waals surface area contributed by atoms with Gasteiger partial charge in [0.2, 0.25) is 0 Å². The van der Waals surface area contributed by atoms with Gasteiger partial charge in [0, 0.05) is 44.4 Å². The van der Waals surface area contributed by atoms with Crippen LogP contribution in [0.15, 0.2) is 109 Å². The Balaban J connectivity index is 1.61. The lowest BCUT2D eigenvalue weighted by atomic mass is 9.44. The van der Waals surface area contributed by atoms with E-state index in [4.69, 9.17) is 0 Å². The molecule has 0 atom stereocenters. The van der Waals surface area contributed by atoms with E-state index >= 15 is 0 Å². The van der Waals surface area contributed by atoms with E-state index in [0.29, 0.717) is 0 Å². The number of rotatable bonds is 1. The monoisotopic (exact) mass is 474 g/mol. The highest BCUT2D eigenvalue weighted by atomic mass is 15.2. The number of para-hydroxylation sites is 4. The second-order valence-corrected chi connectivity index (χ2v) is 11.4. The molecule has 0 radical (unpaired) electrons. The maximum Gasteiger partial charge on any atom is 0.333 e. The van der Waals surface area contributed by atoms with Crippen molar-refractivity contribution >= 4 is 56.6 Å². The van der Waals surface area contributed by atoms with Gasteiger partial charge in [-0.3, -0.25) is 0 Å². The summed E-state index contributed by atoms with van der Waals surface area (Å²) in [6.45, 7) is 7.14. The molecule has 176 valence electrons. The van der Waals surface area contributed by atoms with E-state index in [1.165, 1.54) is 66.5 Å². The summed E-state index contributed by atoms with van der Waals surface area (Å²) < 4.78 is 2.62. The Morgan fingerprint density at radius 3 is 2.19 bits per heavy atom. The van der Waals surface area contributed by atoms with Crippen molar-refractivity contribution in [1.29, 1.82) is 0 Å². The van der Waals surface area contributed by atoms with Gasteiger partial charge in [0.15, 0.2) is 0 Å². The summed E-state index contributed by atoms with van der Waals surface area (Å²) in [7, 11) is 0. The van der Waals surface area contributed by atoms with Gasteiger partial charge in [0.1, 0.15) is 0 Å². The molecular formula is C34H27BN2. The zero-order valence-corrected chi connectivity index (χ0v) is 21.4. The largest absolute Gasteiger partial charge is 0.375 e. The standard InChI is InChI=1S/C34H27BN2/c1-34(2,3)26-20-21-30-32-31(26)25-16-11-15-24-23-14-7-9-18-28(23)37(33(24)25)35(32)27-17-8-10-19-29(27)36(30)22-12-5-4-6-13-22/h4-21H,1-3H3. The third-order valence-electron chi connectivity index (χ3n) is 8.29. The second kappa shape index (κ2) is 7.17. The van der Waals surface area contributed by atoms with Gasteiger partial charge in [-0.1, -0.05) is 99.6 Å². The lowest BCUT2D eigenvalue weighted by Crippen LogP contribution is -2.57. The van der Waals surface area contributed by atoms with E-state index in [0.717, 1.165) is 0 Å². The third-order valence-corrected chi connectivity index (χ3v) is 8.29. The first-order chi connectivity index (χ1) is 18.0. The summed E-state index contributed by atoms with van der Waals surface area (Å²) in [4.78, 5) is 2.47. The normalized spacial score (nSPS) is 13.7. The van der Waals surface area contributed by atoms with Gasteiger partial charge in [0.05, 0.1) is 0 Å². The first kappa shape index (κ1) is 20.9. The molecule has 0 fully saturated rings. The van der Waals surface area contributed by atoms with Gasteiger partial charge in [0.25, 0.3) is 0 Å². The van der Waals surface area contributed by atoms with Gasteiger partial charge >= 0.3 is 6.85 Å². The van der Waals surface area contributed by atoms with E-state index in [9.17, 15) is 0 Å². The summed E-state index contributed by atoms with van der Waals surface area (Å²) in [5, 5.41) is 2.67. The average Bonchev–Trinajstić information content (AvgIpc) is 3.26. The van der Waals surface area contributed by atoms with Crippen molar-refractivity contribution in [2.75, 3.05) is 4.90 Å². The van der Waals surface area contributed by atoms with Crippen molar-refractivity contribution < 1.29 is 0 Å². The highest BCUT2D eigenvalue weighted by Crippen LogP contribution is 2.47. The van der Waals surface area contributed by atoms with E-state index in [1.54, 1.807) is 0 Å². The van der Waals surface area contributed by atoms with Crippen LogP contribution in [0.2, 0.25) is 0 Å². The van der Waals surface area contributed by atoms with Crippen LogP contribution in [-0.2, 0) is 5.41 Å². The Morgan fingerprint density at radius 1 is 0.622 bits per heavy atom. The molecule has 0 bridgehead atoms. The van der Waals surface area contributed by atoms with Crippen LogP contribution in [0, 0.1) is 0 Å². The van der Waals surface area contributed by atoms with Gasteiger partial charge in [-0.2, -0.15) is 0 Å². The van der Waals surface area contributed by atoms with E-state index in [-0.39, 0.29) is 12.3 Å². The summed E-state index contributed by atoms with van der Waals surface area (Å²) >= 11 is 0. The molecule has 5 aromatic carbocycles. The Hall–Kier alpha value is -4.24. The van der Waals surface area contributed by atoms with Crippen LogP contribution >= 0.6 is 0 Å². The minimum absolute atomic E-state index is 0.0137. The zero-order chi connectivity index (χ0) is 24.9. The number of hydrogen-bond donors (Lipinski definition) is 0. The van der Waals surface area contributed by atoms with Crippen LogP contribution < -0.4 is 15.8 Å². The van der Waals surface area contributed by atoms with Crippen LogP contribution in [0.25, 0.3) is 32.9 Å². The van der Waals surface area contributed by atoms with Crippen molar-refractivity contribution in [2.24, 2.45) is 0 Å². The van der Waals surface area contributed by atoms with Crippen LogP contribution in [-0.4, -0.2) is 11.3 Å². The first-order valence-corrected chi connectivity index (χ1v) is 13.2. The van der Waals surface area contributed by atoms with Crippen LogP contribution in [0.3, 0.4) is 0 Å². The summed E-state index contributed by atoms with van der Waals surface area (Å²) in [5.74, 6) is 0. The van der Waals surface area contributed by atoms with Crippen molar-refractivity contribution in [3.8, 4) is 11.1 Å². The number of fused-ring (bicyclic) bond motifs is 7. The van der Waals surface area contributed by atoms with Crippen LogP contribution in [0.4, 0.5) is 17.1 Å². The molecule has 37 heavy (non-hydrogen) atoms. The quantitative estimate of drug-likeness (QED) is 0.224. The molecule has 0 amide bonds. The molecule has 8 rings (SSSR count). The minimum atomic E-state index is 0.0137. The molecule has 3 heterocycles. The van der Waals surface area contributed by atoms with Crippen molar-refractivity contribution in [1.82, 2.24) is 4.48 Å². The van der Waals surface area contributed by atoms with Gasteiger partial charge in [-0.15, -0.1) is 0 Å². The van der Waals surface area contributed by atoms with Gasteiger partial charge in [-0.05, 0) is 57.8 Å². The smallest absolute Gasteiger partial charge is 0.333 e. The number of anilines is 3. The highest BCUT2D eigenvalue weighted by Gasteiger charge is 2.43. The summed E-state index contributed by atoms with van der Waals surface area (Å²) in [6, 6.07) is 40.4. The Kier molecular flexibility index (Phi) is 4.05. The van der Waals surface area contributed by atoms with Crippen molar-refractivity contribution in [3.05, 3.63) is 115 Å². The fraction of sp³-hybridized carbons (Fsp3) is 0.118. The highest BCUT2D eigenvalue weighted by molar-refractivity contribution is 6.90. The molecule has 0 saturated carbocycles. The van der Waals surface area contributed by atoms with Crippen LogP contribution in [0.1, 0.15) is 26.3 Å². The predicted molar refractivity (Wildman–Crippen MR) is 159 cm³/mol. The van der Waals surface area contributed by atoms with Crippen LogP contribution in [0.5, 0.6) is 0 Å². The molecule has 2 nitrogen and oxygen atoms in total. The Labute approximate surface area is 217 Å². The molecule has 2 aliphatic rings. The van der Waals surface area contributed by atoms with Gasteiger partial charge < -0.3 is 9.38 Å². The van der Waals surface area contributed by atoms with Crippen molar-refractivity contribution in [3.63, 3.8) is 0 Å². The molecule has 0 spiro atoms. The zero-order valence-electron chi connectivity index (χ0n) is 21.4. The van der Waals surface area contributed by atoms with E-state index in [1.807, 2.05) is 0 Å². The number of aromatic nitrogens is 1. The maximum absolute atomic E-state index is 2.62. The second-order valence-electron chi connectivity index (χ2n) is 11.4. The van der Waals surface area contributed by atoms with Crippen molar-refractivity contribution in [2.45, 2.75) is 26.2 Å². The molecule has 3 heteroatoms. The number of nitrogens with zero attached hydrogens (tertiary/aromatic N) is 2. The van der Waals surface area contributed by atoms with Gasteiger partial charge in [-0.25, -0.2) is 0 Å². The molecule has 6 aromatic rings. The predicted octanol–water partition coefficient (Wildman–Crippen LogP) is 7.51. The molecule has 0 aliphatic carbocycles. The Morgan fingerprint density at radius 2 is 1.35 bits per heavy atom. The third kappa shape index (κ3) is 2.66. The number of hydrogen-bond acceptors (Lipinski definition) is 1. The fourth-order valence-corrected chi connectivity index (χ4v) is 6.85. The molecular weight excluding hydrogens is 447 g/mol. The molecule has 0 unspecified atom stereocenters. The summed E-state index contributed by atoms with van der Waals surface area (Å²) in [5.41, 5.74) is 13.3. The molecule has 0 N–H and O–H groups in total. The van der Waals surface area contributed by atoms with E-state index < -0.39 is 0 Å². The topological polar surface area (TPSA) is 8.17 Å². The minimum Gasteiger partial charge on any atom is -0.375 e. The Bertz CT molecular complexity index is 1870. The fourth-order valence-electron chi connectivity index (χ4n) is 6.85. The lowest BCUT2D eigenvalue weighted by Gasteiger charge is -2.42. The average molecular weight is 474 g/mol. The molecule has 1 aromatic heterocycles. The lowest BCUT2D eigenvalue weighted by molar-refractivity contribution is 0.592. The number of benzene rings is 5. The molecule has 0 saturated heterocycles. The first-order valence-electron chi connectivity index (χ1n) is 13.2. The summed E-state index contributed by atoms with van der Waals surface area (Å²) in [6.07, 6.45) is 0. The molecule has 2 aliphatic heterocycles. The van der Waals surface area contributed by atoms with E-state index in [2.05, 4.69) is 139 Å².